The van der Waals surface area contributed by atoms with E-state index >= 15 is 0 Å². The van der Waals surface area contributed by atoms with E-state index in [4.69, 9.17) is 0 Å². The molecule has 0 saturated carbocycles. The first-order chi connectivity index (χ1) is 7.10. The van der Waals surface area contributed by atoms with Gasteiger partial charge >= 0.3 is 0 Å². The predicted molar refractivity (Wildman–Crippen MR) is 61.7 cm³/mol. The highest BCUT2D eigenvalue weighted by atomic mass is 16.3. The van der Waals surface area contributed by atoms with Crippen LogP contribution in [0.3, 0.4) is 0 Å². The third kappa shape index (κ3) is 2.06. The molecule has 1 saturated heterocycles. The van der Waals surface area contributed by atoms with Gasteiger partial charge in [-0.25, -0.2) is 0 Å². The highest BCUT2D eigenvalue weighted by Gasteiger charge is 2.35. The third-order valence-electron chi connectivity index (χ3n) is 3.49. The van der Waals surface area contributed by atoms with Gasteiger partial charge in [-0.1, -0.05) is 29.8 Å². The molecule has 0 aromatic heterocycles. The Kier molecular flexibility index (Phi) is 2.81. The quantitative estimate of drug-likeness (QED) is 0.772. The highest BCUT2D eigenvalue weighted by molar-refractivity contribution is 5.27. The van der Waals surface area contributed by atoms with E-state index in [1.165, 1.54) is 5.56 Å². The summed E-state index contributed by atoms with van der Waals surface area (Å²) in [4.78, 5) is 0. The SMILES string of the molecule is Cc1ccc(C(C)(O)C2CCNC2)cc1. The molecular formula is C13H19NO. The molecule has 1 fully saturated rings. The normalized spacial score (nSPS) is 25.1. The summed E-state index contributed by atoms with van der Waals surface area (Å²) in [5, 5.41) is 13.8. The zero-order chi connectivity index (χ0) is 10.9. The minimum absolute atomic E-state index is 0.334. The maximum atomic E-state index is 10.5. The van der Waals surface area contributed by atoms with Crippen LogP contribution >= 0.6 is 0 Å². The van der Waals surface area contributed by atoms with Crippen LogP contribution in [0.5, 0.6) is 0 Å². The molecule has 2 N–H and O–H groups in total. The van der Waals surface area contributed by atoms with Gasteiger partial charge in [-0.3, -0.25) is 0 Å². The van der Waals surface area contributed by atoms with Crippen LogP contribution < -0.4 is 5.32 Å². The molecule has 1 aliphatic heterocycles. The van der Waals surface area contributed by atoms with Gasteiger partial charge in [-0.05, 0) is 32.4 Å². The van der Waals surface area contributed by atoms with Crippen molar-refractivity contribution in [1.29, 1.82) is 0 Å². The fourth-order valence-corrected chi connectivity index (χ4v) is 2.26. The van der Waals surface area contributed by atoms with E-state index in [1.807, 2.05) is 19.1 Å². The Morgan fingerprint density at radius 3 is 2.53 bits per heavy atom. The van der Waals surface area contributed by atoms with Crippen molar-refractivity contribution >= 4 is 0 Å². The van der Waals surface area contributed by atoms with Crippen molar-refractivity contribution in [2.24, 2.45) is 5.92 Å². The molecule has 0 bridgehead atoms. The largest absolute Gasteiger partial charge is 0.385 e. The summed E-state index contributed by atoms with van der Waals surface area (Å²) in [6.07, 6.45) is 1.06. The number of hydrogen-bond donors (Lipinski definition) is 2. The molecule has 2 nitrogen and oxygen atoms in total. The smallest absolute Gasteiger partial charge is 0.0909 e. The molecule has 2 rings (SSSR count). The fraction of sp³-hybridized carbons (Fsp3) is 0.538. The minimum atomic E-state index is -0.697. The zero-order valence-electron chi connectivity index (χ0n) is 9.46. The summed E-state index contributed by atoms with van der Waals surface area (Å²) in [7, 11) is 0. The average molecular weight is 205 g/mol. The number of aliphatic hydroxyl groups is 1. The van der Waals surface area contributed by atoms with Crippen LogP contribution in [0.2, 0.25) is 0 Å². The third-order valence-corrected chi connectivity index (χ3v) is 3.49. The van der Waals surface area contributed by atoms with Crippen molar-refractivity contribution in [2.45, 2.75) is 25.9 Å². The zero-order valence-corrected chi connectivity index (χ0v) is 9.46. The molecule has 1 aliphatic rings. The lowest BCUT2D eigenvalue weighted by Crippen LogP contribution is -2.33. The molecule has 0 spiro atoms. The van der Waals surface area contributed by atoms with Crippen LogP contribution in [0.25, 0.3) is 0 Å². The van der Waals surface area contributed by atoms with Crippen LogP contribution in [-0.4, -0.2) is 18.2 Å². The first kappa shape index (κ1) is 10.7. The lowest BCUT2D eigenvalue weighted by Gasteiger charge is -2.30. The monoisotopic (exact) mass is 205 g/mol. The van der Waals surface area contributed by atoms with E-state index in [1.54, 1.807) is 0 Å². The number of hydrogen-bond acceptors (Lipinski definition) is 2. The Morgan fingerprint density at radius 2 is 2.00 bits per heavy atom. The number of rotatable bonds is 2. The van der Waals surface area contributed by atoms with Crippen molar-refractivity contribution in [2.75, 3.05) is 13.1 Å². The summed E-state index contributed by atoms with van der Waals surface area (Å²) in [5.41, 5.74) is 1.57. The number of benzene rings is 1. The van der Waals surface area contributed by atoms with Crippen molar-refractivity contribution in [3.8, 4) is 0 Å². The standard InChI is InChI=1S/C13H19NO/c1-10-3-5-11(6-4-10)13(2,15)12-7-8-14-9-12/h3-6,12,14-15H,7-9H2,1-2H3. The maximum absolute atomic E-state index is 10.5. The first-order valence-electron chi connectivity index (χ1n) is 5.61. The molecule has 0 radical (unpaired) electrons. The summed E-state index contributed by atoms with van der Waals surface area (Å²) >= 11 is 0. The highest BCUT2D eigenvalue weighted by Crippen LogP contribution is 2.32. The summed E-state index contributed by atoms with van der Waals surface area (Å²) in [6.45, 7) is 5.93. The minimum Gasteiger partial charge on any atom is -0.385 e. The van der Waals surface area contributed by atoms with Gasteiger partial charge in [-0.2, -0.15) is 0 Å². The average Bonchev–Trinajstić information content (AvgIpc) is 2.71. The maximum Gasteiger partial charge on any atom is 0.0909 e. The topological polar surface area (TPSA) is 32.3 Å². The Bertz CT molecular complexity index is 323. The molecular weight excluding hydrogens is 186 g/mol. The van der Waals surface area contributed by atoms with Gasteiger partial charge in [0.15, 0.2) is 0 Å². The van der Waals surface area contributed by atoms with Gasteiger partial charge in [0.25, 0.3) is 0 Å². The van der Waals surface area contributed by atoms with E-state index in [9.17, 15) is 5.11 Å². The van der Waals surface area contributed by atoms with E-state index in [0.29, 0.717) is 5.92 Å². The van der Waals surface area contributed by atoms with Crippen molar-refractivity contribution < 1.29 is 5.11 Å². The van der Waals surface area contributed by atoms with E-state index in [-0.39, 0.29) is 0 Å². The van der Waals surface area contributed by atoms with Gasteiger partial charge in [0, 0.05) is 12.5 Å². The Labute approximate surface area is 91.3 Å². The van der Waals surface area contributed by atoms with Crippen molar-refractivity contribution in [1.82, 2.24) is 5.32 Å². The Balaban J connectivity index is 2.23. The van der Waals surface area contributed by atoms with E-state index in [2.05, 4.69) is 24.4 Å². The van der Waals surface area contributed by atoms with Gasteiger partial charge in [-0.15, -0.1) is 0 Å². The van der Waals surface area contributed by atoms with Gasteiger partial charge in [0.05, 0.1) is 5.60 Å². The molecule has 2 atom stereocenters. The summed E-state index contributed by atoms with van der Waals surface area (Å²) in [5.74, 6) is 0.334. The van der Waals surface area contributed by atoms with Crippen LogP contribution in [0.1, 0.15) is 24.5 Å². The summed E-state index contributed by atoms with van der Waals surface area (Å²) in [6, 6.07) is 8.19. The second-order valence-electron chi connectivity index (χ2n) is 4.70. The lowest BCUT2D eigenvalue weighted by atomic mass is 9.82. The van der Waals surface area contributed by atoms with Gasteiger partial charge < -0.3 is 10.4 Å². The number of nitrogens with one attached hydrogen (secondary N) is 1. The van der Waals surface area contributed by atoms with Crippen LogP contribution in [0, 0.1) is 12.8 Å². The molecule has 15 heavy (non-hydrogen) atoms. The van der Waals surface area contributed by atoms with Gasteiger partial charge in [0.2, 0.25) is 0 Å². The molecule has 1 aromatic carbocycles. The second kappa shape index (κ2) is 3.95. The molecule has 2 unspecified atom stereocenters. The fourth-order valence-electron chi connectivity index (χ4n) is 2.26. The van der Waals surface area contributed by atoms with Crippen LogP contribution in [0.15, 0.2) is 24.3 Å². The van der Waals surface area contributed by atoms with Gasteiger partial charge in [0.1, 0.15) is 0 Å². The second-order valence-corrected chi connectivity index (χ2v) is 4.70. The molecule has 1 heterocycles. The van der Waals surface area contributed by atoms with Crippen molar-refractivity contribution in [3.05, 3.63) is 35.4 Å². The van der Waals surface area contributed by atoms with E-state index in [0.717, 1.165) is 25.1 Å². The molecule has 82 valence electrons. The molecule has 1 aromatic rings. The van der Waals surface area contributed by atoms with Crippen LogP contribution in [-0.2, 0) is 5.60 Å². The van der Waals surface area contributed by atoms with E-state index < -0.39 is 5.60 Å². The van der Waals surface area contributed by atoms with Crippen LogP contribution in [0.4, 0.5) is 0 Å². The number of aryl methyl sites for hydroxylation is 1. The summed E-state index contributed by atoms with van der Waals surface area (Å²) < 4.78 is 0. The Morgan fingerprint density at radius 1 is 1.33 bits per heavy atom. The molecule has 0 amide bonds. The lowest BCUT2D eigenvalue weighted by molar-refractivity contribution is 0.00216. The molecule has 0 aliphatic carbocycles. The molecule has 2 heteroatoms. The Hall–Kier alpha value is -0.860. The predicted octanol–water partition coefficient (Wildman–Crippen LogP) is 1.81. The van der Waals surface area contributed by atoms with Crippen molar-refractivity contribution in [3.63, 3.8) is 0 Å². The first-order valence-corrected chi connectivity index (χ1v) is 5.61.